The molecule has 0 N–H and O–H groups in total. The normalized spacial score (nSPS) is 11.2. The first-order valence-corrected chi connectivity index (χ1v) is 10.4. The first kappa shape index (κ1) is 21.7. The quantitative estimate of drug-likeness (QED) is 0.567. The fourth-order valence-electron chi connectivity index (χ4n) is 3.80. The van der Waals surface area contributed by atoms with Crippen LogP contribution in [0.5, 0.6) is 0 Å². The van der Waals surface area contributed by atoms with E-state index >= 15 is 0 Å². The zero-order valence-electron chi connectivity index (χ0n) is 18.1. The average Bonchev–Trinajstić information content (AvgIpc) is 2.97. The Kier molecular flexibility index (Phi) is 6.70. The minimum absolute atomic E-state index is 0.0616. The summed E-state index contributed by atoms with van der Waals surface area (Å²) in [6, 6.07) is 6.34. The Morgan fingerprint density at radius 1 is 1.13 bits per heavy atom. The van der Waals surface area contributed by atoms with Crippen molar-refractivity contribution in [2.45, 2.75) is 53.6 Å². The van der Waals surface area contributed by atoms with Gasteiger partial charge in [0.2, 0.25) is 5.91 Å². The van der Waals surface area contributed by atoms with E-state index in [1.165, 1.54) is 16.8 Å². The molecule has 6 nitrogen and oxygen atoms in total. The van der Waals surface area contributed by atoms with Gasteiger partial charge in [-0.1, -0.05) is 25.5 Å². The summed E-state index contributed by atoms with van der Waals surface area (Å²) in [5.74, 6) is -0.373. The van der Waals surface area contributed by atoms with Crippen LogP contribution in [0.15, 0.2) is 35.3 Å². The van der Waals surface area contributed by atoms with Crippen LogP contribution in [0.3, 0.4) is 0 Å². The first-order valence-electron chi connectivity index (χ1n) is 10.4. The maximum Gasteiger partial charge on any atom is 0.276 e. The molecule has 2 aromatic heterocycles. The Balaban J connectivity index is 1.94. The van der Waals surface area contributed by atoms with Gasteiger partial charge in [0, 0.05) is 36.4 Å². The fraction of sp³-hybridized carbons (Fsp3) is 0.435. The van der Waals surface area contributed by atoms with E-state index in [1.807, 2.05) is 25.3 Å². The van der Waals surface area contributed by atoms with E-state index in [0.717, 1.165) is 35.2 Å². The summed E-state index contributed by atoms with van der Waals surface area (Å²) in [6.45, 7) is 9.64. The van der Waals surface area contributed by atoms with Crippen LogP contribution < -0.4 is 5.56 Å². The average molecular weight is 413 g/mol. The number of hydrogen-bond acceptors (Lipinski definition) is 3. The molecule has 0 bridgehead atoms. The first-order chi connectivity index (χ1) is 14.4. The SMILES string of the molecule is CCCCN(CC)C(=O)Cn1ncc2c(C)n(Cc3ccc(F)cc3)c(C)c2c1=O. The molecule has 2 heterocycles. The summed E-state index contributed by atoms with van der Waals surface area (Å²) in [6.07, 6.45) is 3.61. The van der Waals surface area contributed by atoms with Crippen LogP contribution >= 0.6 is 0 Å². The maximum atomic E-state index is 13.2. The van der Waals surface area contributed by atoms with Crippen molar-refractivity contribution in [3.63, 3.8) is 0 Å². The van der Waals surface area contributed by atoms with E-state index in [2.05, 4.69) is 12.0 Å². The van der Waals surface area contributed by atoms with Crippen LogP contribution in [0.2, 0.25) is 0 Å². The van der Waals surface area contributed by atoms with Gasteiger partial charge in [-0.3, -0.25) is 9.59 Å². The highest BCUT2D eigenvalue weighted by molar-refractivity contribution is 5.87. The summed E-state index contributed by atoms with van der Waals surface area (Å²) in [7, 11) is 0. The van der Waals surface area contributed by atoms with E-state index in [9.17, 15) is 14.0 Å². The van der Waals surface area contributed by atoms with Gasteiger partial charge >= 0.3 is 0 Å². The number of unbranched alkanes of at least 4 members (excludes halogenated alkanes) is 1. The standard InChI is InChI=1S/C23H29FN4O2/c1-5-7-12-26(6-2)21(29)15-28-23(30)22-17(4)27(16(3)20(22)13-25-28)14-18-8-10-19(24)11-9-18/h8-11,13H,5-7,12,14-15H2,1-4H3. The molecule has 3 rings (SSSR count). The van der Waals surface area contributed by atoms with Crippen molar-refractivity contribution in [2.24, 2.45) is 0 Å². The van der Waals surface area contributed by atoms with Crippen molar-refractivity contribution in [1.82, 2.24) is 19.2 Å². The molecule has 0 aliphatic rings. The number of rotatable bonds is 8. The van der Waals surface area contributed by atoms with Crippen molar-refractivity contribution in [3.8, 4) is 0 Å². The van der Waals surface area contributed by atoms with Gasteiger partial charge in [-0.2, -0.15) is 5.10 Å². The third-order valence-electron chi connectivity index (χ3n) is 5.66. The lowest BCUT2D eigenvalue weighted by atomic mass is 10.2. The molecule has 30 heavy (non-hydrogen) atoms. The molecule has 0 aliphatic heterocycles. The number of nitrogens with zero attached hydrogens (tertiary/aromatic N) is 4. The summed E-state index contributed by atoms with van der Waals surface area (Å²) in [5, 5.41) is 5.63. The second-order valence-electron chi connectivity index (χ2n) is 7.61. The second kappa shape index (κ2) is 9.24. The zero-order chi connectivity index (χ0) is 21.8. The van der Waals surface area contributed by atoms with Crippen LogP contribution in [0.1, 0.15) is 43.6 Å². The maximum absolute atomic E-state index is 13.2. The highest BCUT2D eigenvalue weighted by Gasteiger charge is 2.19. The van der Waals surface area contributed by atoms with Gasteiger partial charge < -0.3 is 9.47 Å². The lowest BCUT2D eigenvalue weighted by Gasteiger charge is -2.20. The number of likely N-dealkylation sites (N-methyl/N-ethyl adjacent to an activating group) is 1. The third-order valence-corrected chi connectivity index (χ3v) is 5.66. The van der Waals surface area contributed by atoms with E-state index in [-0.39, 0.29) is 23.8 Å². The molecular formula is C23H29FN4O2. The minimum Gasteiger partial charge on any atom is -0.343 e. The van der Waals surface area contributed by atoms with Gasteiger partial charge in [0.05, 0.1) is 11.6 Å². The molecule has 3 aromatic rings. The minimum atomic E-state index is -0.276. The van der Waals surface area contributed by atoms with Crippen molar-refractivity contribution >= 4 is 16.7 Å². The van der Waals surface area contributed by atoms with Gasteiger partial charge in [0.1, 0.15) is 12.4 Å². The molecule has 7 heteroatoms. The molecule has 0 atom stereocenters. The predicted octanol–water partition coefficient (Wildman–Crippen LogP) is 3.65. The lowest BCUT2D eigenvalue weighted by Crippen LogP contribution is -2.37. The number of aromatic nitrogens is 3. The zero-order valence-corrected chi connectivity index (χ0v) is 18.1. The van der Waals surface area contributed by atoms with Gasteiger partial charge in [-0.15, -0.1) is 0 Å². The largest absolute Gasteiger partial charge is 0.343 e. The third kappa shape index (κ3) is 4.30. The van der Waals surface area contributed by atoms with E-state index in [0.29, 0.717) is 25.0 Å². The molecule has 0 saturated heterocycles. The van der Waals surface area contributed by atoms with Gasteiger partial charge in [0.15, 0.2) is 0 Å². The number of carbonyl (C=O) groups excluding carboxylic acids is 1. The topological polar surface area (TPSA) is 60.1 Å². The highest BCUT2D eigenvalue weighted by Crippen LogP contribution is 2.23. The lowest BCUT2D eigenvalue weighted by molar-refractivity contribution is -0.132. The van der Waals surface area contributed by atoms with Crippen LogP contribution in [-0.4, -0.2) is 38.2 Å². The smallest absolute Gasteiger partial charge is 0.276 e. The summed E-state index contributed by atoms with van der Waals surface area (Å²) in [5.41, 5.74) is 2.43. The van der Waals surface area contributed by atoms with Gasteiger partial charge in [-0.05, 0) is 44.9 Å². The van der Waals surface area contributed by atoms with Crippen molar-refractivity contribution < 1.29 is 9.18 Å². The van der Waals surface area contributed by atoms with Crippen molar-refractivity contribution in [2.75, 3.05) is 13.1 Å². The number of carbonyl (C=O) groups is 1. The Morgan fingerprint density at radius 3 is 2.47 bits per heavy atom. The number of amides is 1. The van der Waals surface area contributed by atoms with Crippen LogP contribution in [-0.2, 0) is 17.9 Å². The monoisotopic (exact) mass is 412 g/mol. The second-order valence-corrected chi connectivity index (χ2v) is 7.61. The van der Waals surface area contributed by atoms with E-state index in [4.69, 9.17) is 0 Å². The van der Waals surface area contributed by atoms with E-state index in [1.54, 1.807) is 23.2 Å². The summed E-state index contributed by atoms with van der Waals surface area (Å²) >= 11 is 0. The highest BCUT2D eigenvalue weighted by atomic mass is 19.1. The van der Waals surface area contributed by atoms with Gasteiger partial charge in [-0.25, -0.2) is 9.07 Å². The molecule has 0 aliphatic carbocycles. The molecule has 1 aromatic carbocycles. The van der Waals surface area contributed by atoms with Crippen LogP contribution in [0.4, 0.5) is 4.39 Å². The van der Waals surface area contributed by atoms with Crippen molar-refractivity contribution in [3.05, 3.63) is 63.6 Å². The Morgan fingerprint density at radius 2 is 1.83 bits per heavy atom. The Hall–Kier alpha value is -2.96. The molecule has 1 amide bonds. The molecule has 160 valence electrons. The molecule has 0 spiro atoms. The van der Waals surface area contributed by atoms with Gasteiger partial charge in [0.25, 0.3) is 5.56 Å². The predicted molar refractivity (Wildman–Crippen MR) is 116 cm³/mol. The number of benzene rings is 1. The van der Waals surface area contributed by atoms with E-state index < -0.39 is 0 Å². The Labute approximate surface area is 175 Å². The number of halogens is 1. The molecule has 0 fully saturated rings. The number of hydrogen-bond donors (Lipinski definition) is 0. The summed E-state index contributed by atoms with van der Waals surface area (Å²) < 4.78 is 16.5. The molecule has 0 radical (unpaired) electrons. The molecule has 0 saturated carbocycles. The Bertz CT molecular complexity index is 1100. The molecule has 0 unspecified atom stereocenters. The van der Waals surface area contributed by atoms with Crippen molar-refractivity contribution in [1.29, 1.82) is 0 Å². The summed E-state index contributed by atoms with van der Waals surface area (Å²) in [4.78, 5) is 27.6. The molecular weight excluding hydrogens is 383 g/mol. The number of aryl methyl sites for hydroxylation is 2. The fourth-order valence-corrected chi connectivity index (χ4v) is 3.80. The van der Waals surface area contributed by atoms with Crippen LogP contribution in [0, 0.1) is 19.7 Å². The number of fused-ring (bicyclic) bond motifs is 1. The van der Waals surface area contributed by atoms with Crippen LogP contribution in [0.25, 0.3) is 10.8 Å².